The Morgan fingerprint density at radius 1 is 1.28 bits per heavy atom. The summed E-state index contributed by atoms with van der Waals surface area (Å²) in [6.07, 6.45) is 1.85. The summed E-state index contributed by atoms with van der Waals surface area (Å²) >= 11 is 0. The lowest BCUT2D eigenvalue weighted by molar-refractivity contribution is 0.0701. The molecule has 130 valence electrons. The highest BCUT2D eigenvalue weighted by molar-refractivity contribution is 5.77. The average Bonchev–Trinajstić information content (AvgIpc) is 3.04. The predicted octanol–water partition coefficient (Wildman–Crippen LogP) is 3.49. The minimum atomic E-state index is -1.05. The summed E-state index contributed by atoms with van der Waals surface area (Å²) in [5.41, 5.74) is 0.355. The van der Waals surface area contributed by atoms with Crippen molar-refractivity contribution < 1.29 is 18.8 Å². The molecule has 0 bridgehead atoms. The van der Waals surface area contributed by atoms with E-state index in [1.165, 1.54) is 6.07 Å². The SMILES string of the molecule is C/C(=C\COc1ccc2ccc(=O)oc2c1)c1cc(C(C)(C)O)no1. The van der Waals surface area contributed by atoms with Crippen LogP contribution in [0, 0.1) is 0 Å². The molecular formula is C19H19NO5. The van der Waals surface area contributed by atoms with E-state index in [4.69, 9.17) is 13.7 Å². The van der Waals surface area contributed by atoms with Crippen molar-refractivity contribution in [3.8, 4) is 5.75 Å². The maximum Gasteiger partial charge on any atom is 0.336 e. The van der Waals surface area contributed by atoms with Crippen LogP contribution in [0.2, 0.25) is 0 Å². The lowest BCUT2D eigenvalue weighted by atomic mass is 10.0. The molecule has 0 radical (unpaired) electrons. The molecular weight excluding hydrogens is 322 g/mol. The number of benzene rings is 1. The molecule has 6 nitrogen and oxygen atoms in total. The van der Waals surface area contributed by atoms with E-state index < -0.39 is 11.2 Å². The summed E-state index contributed by atoms with van der Waals surface area (Å²) in [5, 5.41) is 14.6. The van der Waals surface area contributed by atoms with Gasteiger partial charge in [0.05, 0.1) is 0 Å². The molecule has 1 N–H and O–H groups in total. The van der Waals surface area contributed by atoms with Crippen molar-refractivity contribution >= 4 is 16.5 Å². The highest BCUT2D eigenvalue weighted by Crippen LogP contribution is 2.23. The van der Waals surface area contributed by atoms with E-state index in [0.717, 1.165) is 11.0 Å². The van der Waals surface area contributed by atoms with Gasteiger partial charge in [-0.15, -0.1) is 0 Å². The lowest BCUT2D eigenvalue weighted by Crippen LogP contribution is -2.15. The van der Waals surface area contributed by atoms with E-state index in [2.05, 4.69) is 5.16 Å². The molecule has 0 saturated heterocycles. The Balaban J connectivity index is 1.70. The van der Waals surface area contributed by atoms with E-state index in [1.54, 1.807) is 32.0 Å². The minimum absolute atomic E-state index is 0.312. The van der Waals surface area contributed by atoms with Gasteiger partial charge in [-0.25, -0.2) is 4.79 Å². The van der Waals surface area contributed by atoms with Gasteiger partial charge in [-0.1, -0.05) is 5.16 Å². The van der Waals surface area contributed by atoms with Crippen LogP contribution in [0.1, 0.15) is 32.2 Å². The molecule has 1 aromatic carbocycles. The van der Waals surface area contributed by atoms with Crippen LogP contribution in [-0.2, 0) is 5.60 Å². The fourth-order valence-corrected chi connectivity index (χ4v) is 2.24. The lowest BCUT2D eigenvalue weighted by Gasteiger charge is -2.11. The van der Waals surface area contributed by atoms with Crippen LogP contribution >= 0.6 is 0 Å². The van der Waals surface area contributed by atoms with Crippen LogP contribution in [0.3, 0.4) is 0 Å². The highest BCUT2D eigenvalue weighted by atomic mass is 16.5. The first-order valence-electron chi connectivity index (χ1n) is 7.86. The first-order valence-corrected chi connectivity index (χ1v) is 7.86. The molecule has 0 aliphatic heterocycles. The standard InChI is InChI=1S/C19H19NO5/c1-12(15-11-17(20-25-15)19(2,3)22)8-9-23-14-6-4-13-5-7-18(21)24-16(13)10-14/h4-8,10-11,22H,9H2,1-3H3/b12-8+. The Morgan fingerprint density at radius 2 is 2.04 bits per heavy atom. The Hall–Kier alpha value is -2.86. The van der Waals surface area contributed by atoms with Gasteiger partial charge >= 0.3 is 5.63 Å². The zero-order valence-corrected chi connectivity index (χ0v) is 14.3. The summed E-state index contributed by atoms with van der Waals surface area (Å²) in [6, 6.07) is 10.1. The molecule has 25 heavy (non-hydrogen) atoms. The topological polar surface area (TPSA) is 85.7 Å². The summed E-state index contributed by atoms with van der Waals surface area (Å²) in [5.74, 6) is 1.17. The molecule has 0 unspecified atom stereocenters. The Bertz CT molecular complexity index is 975. The molecule has 0 fully saturated rings. The van der Waals surface area contributed by atoms with E-state index >= 15 is 0 Å². The number of hydrogen-bond donors (Lipinski definition) is 1. The third-order valence-corrected chi connectivity index (χ3v) is 3.76. The molecule has 0 spiro atoms. The predicted molar refractivity (Wildman–Crippen MR) is 93.4 cm³/mol. The molecule has 0 aliphatic rings. The van der Waals surface area contributed by atoms with Crippen LogP contribution in [0.4, 0.5) is 0 Å². The Kier molecular flexibility index (Phi) is 4.46. The van der Waals surface area contributed by atoms with Crippen molar-refractivity contribution in [1.82, 2.24) is 5.16 Å². The molecule has 0 saturated carbocycles. The highest BCUT2D eigenvalue weighted by Gasteiger charge is 2.21. The van der Waals surface area contributed by atoms with Gasteiger partial charge in [0.15, 0.2) is 5.76 Å². The number of allylic oxidation sites excluding steroid dienone is 1. The number of rotatable bonds is 5. The van der Waals surface area contributed by atoms with Crippen LogP contribution in [0.15, 0.2) is 56.2 Å². The van der Waals surface area contributed by atoms with Gasteiger partial charge in [0.2, 0.25) is 0 Å². The van der Waals surface area contributed by atoms with Gasteiger partial charge in [-0.05, 0) is 50.6 Å². The fourth-order valence-electron chi connectivity index (χ4n) is 2.24. The second-order valence-corrected chi connectivity index (χ2v) is 6.29. The number of ether oxygens (including phenoxy) is 1. The molecule has 0 aliphatic carbocycles. The largest absolute Gasteiger partial charge is 0.489 e. The summed E-state index contributed by atoms with van der Waals surface area (Å²) in [7, 11) is 0. The quantitative estimate of drug-likeness (QED) is 0.715. The maximum absolute atomic E-state index is 11.3. The van der Waals surface area contributed by atoms with Gasteiger partial charge < -0.3 is 18.8 Å². The van der Waals surface area contributed by atoms with E-state index in [1.807, 2.05) is 25.1 Å². The van der Waals surface area contributed by atoms with E-state index in [9.17, 15) is 9.90 Å². The van der Waals surface area contributed by atoms with Crippen molar-refractivity contribution in [3.63, 3.8) is 0 Å². The zero-order chi connectivity index (χ0) is 18.0. The number of fused-ring (bicyclic) bond motifs is 1. The van der Waals surface area contributed by atoms with Crippen LogP contribution in [0.5, 0.6) is 5.75 Å². The number of aromatic nitrogens is 1. The van der Waals surface area contributed by atoms with Gasteiger partial charge in [-0.3, -0.25) is 0 Å². The van der Waals surface area contributed by atoms with Crippen molar-refractivity contribution in [2.24, 2.45) is 0 Å². The molecule has 3 aromatic rings. The number of aliphatic hydroxyl groups is 1. The fraction of sp³-hybridized carbons (Fsp3) is 0.263. The molecule has 3 rings (SSSR count). The maximum atomic E-state index is 11.3. The average molecular weight is 341 g/mol. The van der Waals surface area contributed by atoms with E-state index in [-0.39, 0.29) is 0 Å². The normalized spacial score (nSPS) is 12.6. The zero-order valence-electron chi connectivity index (χ0n) is 14.3. The van der Waals surface area contributed by atoms with Crippen molar-refractivity contribution in [2.75, 3.05) is 6.61 Å². The number of hydrogen-bond acceptors (Lipinski definition) is 6. The minimum Gasteiger partial charge on any atom is -0.489 e. The smallest absolute Gasteiger partial charge is 0.336 e. The third-order valence-electron chi connectivity index (χ3n) is 3.76. The molecule has 6 heteroatoms. The Morgan fingerprint density at radius 3 is 2.76 bits per heavy atom. The van der Waals surface area contributed by atoms with Crippen LogP contribution < -0.4 is 10.4 Å². The monoisotopic (exact) mass is 341 g/mol. The molecule has 2 aromatic heterocycles. The van der Waals surface area contributed by atoms with Gasteiger partial charge in [0.1, 0.15) is 29.2 Å². The summed E-state index contributed by atoms with van der Waals surface area (Å²) < 4.78 is 16.0. The van der Waals surface area contributed by atoms with Crippen molar-refractivity contribution in [1.29, 1.82) is 0 Å². The first kappa shape index (κ1) is 17.0. The summed E-state index contributed by atoms with van der Waals surface area (Å²) in [4.78, 5) is 11.3. The van der Waals surface area contributed by atoms with Crippen LogP contribution in [-0.4, -0.2) is 16.9 Å². The van der Waals surface area contributed by atoms with Gasteiger partial charge in [-0.2, -0.15) is 0 Å². The van der Waals surface area contributed by atoms with Gasteiger partial charge in [0.25, 0.3) is 0 Å². The van der Waals surface area contributed by atoms with Crippen molar-refractivity contribution in [2.45, 2.75) is 26.4 Å². The molecule has 0 amide bonds. The first-order chi connectivity index (χ1) is 11.8. The van der Waals surface area contributed by atoms with E-state index in [0.29, 0.717) is 29.4 Å². The Labute approximate surface area is 144 Å². The third kappa shape index (κ3) is 3.97. The number of nitrogens with zero attached hydrogens (tertiary/aromatic N) is 1. The van der Waals surface area contributed by atoms with Crippen LogP contribution in [0.25, 0.3) is 16.5 Å². The molecule has 2 heterocycles. The second-order valence-electron chi connectivity index (χ2n) is 6.29. The van der Waals surface area contributed by atoms with Gasteiger partial charge in [0, 0.05) is 23.6 Å². The molecule has 0 atom stereocenters. The van der Waals surface area contributed by atoms with Crippen molar-refractivity contribution in [3.05, 3.63) is 64.3 Å². The summed E-state index contributed by atoms with van der Waals surface area (Å²) in [6.45, 7) is 5.48. The second kappa shape index (κ2) is 6.57.